The van der Waals surface area contributed by atoms with Crippen molar-refractivity contribution in [1.82, 2.24) is 5.32 Å². The monoisotopic (exact) mass is 264 g/mol. The van der Waals surface area contributed by atoms with E-state index in [0.29, 0.717) is 6.04 Å². The van der Waals surface area contributed by atoms with E-state index in [-0.39, 0.29) is 17.9 Å². The highest BCUT2D eigenvalue weighted by Crippen LogP contribution is 2.49. The minimum atomic E-state index is 0.171. The third-order valence-corrected chi connectivity index (χ3v) is 5.89. The highest BCUT2D eigenvalue weighted by molar-refractivity contribution is 5.79. The van der Waals surface area contributed by atoms with Crippen molar-refractivity contribution in [3.8, 4) is 0 Å². The van der Waals surface area contributed by atoms with Crippen molar-refractivity contribution in [2.75, 3.05) is 0 Å². The van der Waals surface area contributed by atoms with Gasteiger partial charge in [-0.1, -0.05) is 12.8 Å². The molecule has 3 heteroatoms. The first-order valence-corrected chi connectivity index (χ1v) is 8.19. The summed E-state index contributed by atoms with van der Waals surface area (Å²) < 4.78 is 0. The van der Waals surface area contributed by atoms with Crippen LogP contribution in [0.1, 0.15) is 58.3 Å². The van der Waals surface area contributed by atoms with Crippen LogP contribution in [0.2, 0.25) is 0 Å². The number of carbonyl (C=O) groups is 1. The van der Waals surface area contributed by atoms with Crippen LogP contribution in [0, 0.1) is 23.7 Å². The van der Waals surface area contributed by atoms with Crippen LogP contribution in [0.5, 0.6) is 0 Å². The lowest BCUT2D eigenvalue weighted by molar-refractivity contribution is -0.127. The number of hydrogen-bond acceptors (Lipinski definition) is 2. The molecular formula is C16H28N2O. The molecule has 3 fully saturated rings. The van der Waals surface area contributed by atoms with Crippen molar-refractivity contribution < 1.29 is 4.79 Å². The molecule has 6 atom stereocenters. The van der Waals surface area contributed by atoms with Gasteiger partial charge in [0.1, 0.15) is 0 Å². The van der Waals surface area contributed by atoms with Gasteiger partial charge in [0, 0.05) is 18.0 Å². The average molecular weight is 264 g/mol. The Morgan fingerprint density at radius 1 is 1.16 bits per heavy atom. The van der Waals surface area contributed by atoms with E-state index in [4.69, 9.17) is 5.73 Å². The van der Waals surface area contributed by atoms with Crippen LogP contribution in [-0.2, 0) is 4.79 Å². The minimum absolute atomic E-state index is 0.171. The molecule has 0 aromatic carbocycles. The maximum atomic E-state index is 12.4. The molecule has 0 aliphatic heterocycles. The van der Waals surface area contributed by atoms with Crippen LogP contribution < -0.4 is 11.1 Å². The molecule has 2 bridgehead atoms. The molecule has 1 amide bonds. The lowest BCUT2D eigenvalue weighted by Gasteiger charge is -2.31. The summed E-state index contributed by atoms with van der Waals surface area (Å²) in [5.74, 6) is 3.02. The number of amides is 1. The van der Waals surface area contributed by atoms with Crippen molar-refractivity contribution in [3.05, 3.63) is 0 Å². The molecule has 19 heavy (non-hydrogen) atoms. The predicted octanol–water partition coefficient (Wildman–Crippen LogP) is 2.44. The van der Waals surface area contributed by atoms with Gasteiger partial charge >= 0.3 is 0 Å². The molecule has 0 spiro atoms. The molecule has 3 aliphatic carbocycles. The number of nitrogens with one attached hydrogen (secondary N) is 1. The van der Waals surface area contributed by atoms with Crippen LogP contribution in [0.3, 0.4) is 0 Å². The fourth-order valence-electron chi connectivity index (χ4n) is 4.82. The van der Waals surface area contributed by atoms with Crippen LogP contribution in [0.4, 0.5) is 0 Å². The Morgan fingerprint density at radius 3 is 2.63 bits per heavy atom. The summed E-state index contributed by atoms with van der Waals surface area (Å²) in [5, 5.41) is 3.30. The molecule has 6 unspecified atom stereocenters. The molecule has 108 valence electrons. The number of rotatable bonds is 3. The molecule has 3 aliphatic rings. The third kappa shape index (κ3) is 2.81. The SMILES string of the molecule is CC(NC(=O)C1CCCC(N)C1)C1CC2CCC1C2. The zero-order valence-electron chi connectivity index (χ0n) is 12.1. The van der Waals surface area contributed by atoms with Gasteiger partial charge in [0.15, 0.2) is 0 Å². The average Bonchev–Trinajstić information content (AvgIpc) is 3.00. The maximum absolute atomic E-state index is 12.4. The second-order valence-electron chi connectivity index (χ2n) is 7.26. The summed E-state index contributed by atoms with van der Waals surface area (Å²) in [5.41, 5.74) is 5.99. The van der Waals surface area contributed by atoms with E-state index in [2.05, 4.69) is 12.2 Å². The van der Waals surface area contributed by atoms with E-state index in [1.54, 1.807) is 0 Å². The topological polar surface area (TPSA) is 55.1 Å². The van der Waals surface area contributed by atoms with Crippen LogP contribution in [-0.4, -0.2) is 18.0 Å². The highest BCUT2D eigenvalue weighted by Gasteiger charge is 2.42. The van der Waals surface area contributed by atoms with Gasteiger partial charge in [-0.05, 0) is 63.2 Å². The summed E-state index contributed by atoms with van der Waals surface area (Å²) in [4.78, 5) is 12.4. The van der Waals surface area contributed by atoms with E-state index in [0.717, 1.165) is 43.4 Å². The standard InChI is InChI=1S/C16H28N2O/c1-10(15-8-11-5-6-12(15)7-11)18-16(19)13-3-2-4-14(17)9-13/h10-15H,2-9,17H2,1H3,(H,18,19). The summed E-state index contributed by atoms with van der Waals surface area (Å²) in [6.07, 6.45) is 9.70. The number of nitrogens with two attached hydrogens (primary N) is 1. The number of hydrogen-bond donors (Lipinski definition) is 2. The normalized spacial score (nSPS) is 43.2. The lowest BCUT2D eigenvalue weighted by Crippen LogP contribution is -2.45. The Bertz CT molecular complexity index is 344. The molecule has 0 aromatic heterocycles. The van der Waals surface area contributed by atoms with Crippen molar-refractivity contribution in [3.63, 3.8) is 0 Å². The summed E-state index contributed by atoms with van der Waals surface area (Å²) >= 11 is 0. The second kappa shape index (κ2) is 5.43. The minimum Gasteiger partial charge on any atom is -0.353 e. The molecule has 0 saturated heterocycles. The van der Waals surface area contributed by atoms with E-state index < -0.39 is 0 Å². The van der Waals surface area contributed by atoms with Gasteiger partial charge in [-0.3, -0.25) is 4.79 Å². The summed E-state index contributed by atoms with van der Waals surface area (Å²) in [7, 11) is 0. The zero-order valence-corrected chi connectivity index (χ0v) is 12.1. The van der Waals surface area contributed by atoms with E-state index in [9.17, 15) is 4.79 Å². The Labute approximate surface area is 116 Å². The van der Waals surface area contributed by atoms with E-state index >= 15 is 0 Å². The quantitative estimate of drug-likeness (QED) is 0.822. The number of fused-ring (bicyclic) bond motifs is 2. The zero-order chi connectivity index (χ0) is 13.4. The van der Waals surface area contributed by atoms with Crippen LogP contribution in [0.15, 0.2) is 0 Å². The fourth-order valence-corrected chi connectivity index (χ4v) is 4.82. The van der Waals surface area contributed by atoms with Crippen LogP contribution >= 0.6 is 0 Å². The van der Waals surface area contributed by atoms with Gasteiger partial charge in [-0.25, -0.2) is 0 Å². The first kappa shape index (κ1) is 13.4. The Hall–Kier alpha value is -0.570. The summed E-state index contributed by atoms with van der Waals surface area (Å²) in [6, 6.07) is 0.600. The highest BCUT2D eigenvalue weighted by atomic mass is 16.1. The molecule has 0 radical (unpaired) electrons. The van der Waals surface area contributed by atoms with Crippen molar-refractivity contribution in [2.45, 2.75) is 70.4 Å². The maximum Gasteiger partial charge on any atom is 0.223 e. The van der Waals surface area contributed by atoms with Gasteiger partial charge in [0.2, 0.25) is 5.91 Å². The molecule has 0 heterocycles. The molecule has 3 N–H and O–H groups in total. The first-order chi connectivity index (χ1) is 9.13. The van der Waals surface area contributed by atoms with Gasteiger partial charge in [0.25, 0.3) is 0 Å². The summed E-state index contributed by atoms with van der Waals surface area (Å²) in [6.45, 7) is 2.21. The van der Waals surface area contributed by atoms with Crippen molar-refractivity contribution >= 4 is 5.91 Å². The fraction of sp³-hybridized carbons (Fsp3) is 0.938. The molecule has 0 aromatic rings. The van der Waals surface area contributed by atoms with Gasteiger partial charge in [0.05, 0.1) is 0 Å². The molecular weight excluding hydrogens is 236 g/mol. The second-order valence-corrected chi connectivity index (χ2v) is 7.26. The Morgan fingerprint density at radius 2 is 2.00 bits per heavy atom. The van der Waals surface area contributed by atoms with Gasteiger partial charge in [-0.15, -0.1) is 0 Å². The molecule has 3 rings (SSSR count). The van der Waals surface area contributed by atoms with Crippen LogP contribution in [0.25, 0.3) is 0 Å². The number of carbonyl (C=O) groups excluding carboxylic acids is 1. The van der Waals surface area contributed by atoms with Crippen molar-refractivity contribution in [2.24, 2.45) is 29.4 Å². The van der Waals surface area contributed by atoms with E-state index in [1.165, 1.54) is 25.7 Å². The Balaban J connectivity index is 1.51. The Kier molecular flexibility index (Phi) is 3.84. The van der Waals surface area contributed by atoms with Crippen molar-refractivity contribution in [1.29, 1.82) is 0 Å². The molecule has 3 saturated carbocycles. The predicted molar refractivity (Wildman–Crippen MR) is 76.5 cm³/mol. The lowest BCUT2D eigenvalue weighted by atomic mass is 9.82. The van der Waals surface area contributed by atoms with Gasteiger partial charge < -0.3 is 11.1 Å². The van der Waals surface area contributed by atoms with E-state index in [1.807, 2.05) is 0 Å². The van der Waals surface area contributed by atoms with Gasteiger partial charge in [-0.2, -0.15) is 0 Å². The first-order valence-electron chi connectivity index (χ1n) is 8.19. The molecule has 3 nitrogen and oxygen atoms in total. The third-order valence-electron chi connectivity index (χ3n) is 5.89. The largest absolute Gasteiger partial charge is 0.353 e. The smallest absolute Gasteiger partial charge is 0.223 e.